The first-order chi connectivity index (χ1) is 12.3. The Hall–Kier alpha value is -2.87. The highest BCUT2D eigenvalue weighted by atomic mass is 16.6. The van der Waals surface area contributed by atoms with Crippen LogP contribution in [0, 0.1) is 5.92 Å². The summed E-state index contributed by atoms with van der Waals surface area (Å²) in [7, 11) is 0. The second-order valence-corrected chi connectivity index (χ2v) is 6.95. The molecule has 0 aromatic heterocycles. The third-order valence-corrected chi connectivity index (χ3v) is 5.76. The fourth-order valence-electron chi connectivity index (χ4n) is 4.52. The van der Waals surface area contributed by atoms with Crippen LogP contribution in [0.15, 0.2) is 91.0 Å². The Morgan fingerprint density at radius 2 is 1.12 bits per heavy atom. The average Bonchev–Trinajstić information content (AvgIpc) is 3.40. The third kappa shape index (κ3) is 1.82. The summed E-state index contributed by atoms with van der Waals surface area (Å²) in [5.74, 6) is 0.0242. The maximum Gasteiger partial charge on any atom is 0.318 e. The molecule has 2 atom stereocenters. The van der Waals surface area contributed by atoms with Crippen molar-refractivity contribution in [1.29, 1.82) is 0 Å². The molecule has 2 heteroatoms. The zero-order chi connectivity index (χ0) is 16.9. The van der Waals surface area contributed by atoms with E-state index in [0.717, 1.165) is 23.1 Å². The standard InChI is InChI=1S/C23H18O2/c24-21-22(17-10-4-1-5-11-17)16-20(22)23(25-21,18-12-6-2-7-13-18)19-14-8-3-9-15-19/h1-15,20H,16H2/t20-,22-/m1/s1. The van der Waals surface area contributed by atoms with Gasteiger partial charge in [0.15, 0.2) is 5.60 Å². The van der Waals surface area contributed by atoms with Crippen molar-refractivity contribution in [1.82, 2.24) is 0 Å². The van der Waals surface area contributed by atoms with Crippen molar-refractivity contribution >= 4 is 5.97 Å². The molecule has 1 aliphatic carbocycles. The molecule has 5 rings (SSSR count). The predicted molar refractivity (Wildman–Crippen MR) is 96.0 cm³/mol. The lowest BCUT2D eigenvalue weighted by molar-refractivity contribution is -0.152. The number of rotatable bonds is 3. The lowest BCUT2D eigenvalue weighted by Crippen LogP contribution is -2.31. The van der Waals surface area contributed by atoms with Crippen molar-refractivity contribution in [2.45, 2.75) is 17.4 Å². The second kappa shape index (κ2) is 5.06. The van der Waals surface area contributed by atoms with Gasteiger partial charge in [-0.2, -0.15) is 0 Å². The molecule has 3 aromatic rings. The molecule has 2 aliphatic rings. The van der Waals surface area contributed by atoms with Crippen LogP contribution >= 0.6 is 0 Å². The molecule has 0 spiro atoms. The Balaban J connectivity index is 1.72. The third-order valence-electron chi connectivity index (χ3n) is 5.76. The number of cyclic esters (lactones) is 1. The van der Waals surface area contributed by atoms with Gasteiger partial charge in [-0.25, -0.2) is 0 Å². The number of fused-ring (bicyclic) bond motifs is 1. The van der Waals surface area contributed by atoms with E-state index >= 15 is 0 Å². The molecule has 0 bridgehead atoms. The molecular formula is C23H18O2. The summed E-state index contributed by atoms with van der Waals surface area (Å²) in [5, 5.41) is 0. The molecule has 122 valence electrons. The summed E-state index contributed by atoms with van der Waals surface area (Å²) in [4.78, 5) is 13.1. The number of hydrogen-bond acceptors (Lipinski definition) is 2. The van der Waals surface area contributed by atoms with Crippen LogP contribution in [0.25, 0.3) is 0 Å². The Labute approximate surface area is 147 Å². The van der Waals surface area contributed by atoms with Gasteiger partial charge < -0.3 is 4.74 Å². The monoisotopic (exact) mass is 326 g/mol. The zero-order valence-electron chi connectivity index (χ0n) is 13.8. The second-order valence-electron chi connectivity index (χ2n) is 6.95. The lowest BCUT2D eigenvalue weighted by atomic mass is 9.79. The van der Waals surface area contributed by atoms with Crippen LogP contribution < -0.4 is 0 Å². The number of carbonyl (C=O) groups excluding carboxylic acids is 1. The van der Waals surface area contributed by atoms with E-state index in [0.29, 0.717) is 0 Å². The van der Waals surface area contributed by atoms with Gasteiger partial charge in [0.2, 0.25) is 0 Å². The molecule has 2 fully saturated rings. The molecule has 0 amide bonds. The van der Waals surface area contributed by atoms with Crippen molar-refractivity contribution in [3.63, 3.8) is 0 Å². The van der Waals surface area contributed by atoms with Crippen molar-refractivity contribution in [3.05, 3.63) is 108 Å². The van der Waals surface area contributed by atoms with E-state index in [2.05, 4.69) is 24.3 Å². The number of benzene rings is 3. The molecule has 25 heavy (non-hydrogen) atoms. The number of ether oxygens (including phenoxy) is 1. The van der Waals surface area contributed by atoms with Gasteiger partial charge in [-0.15, -0.1) is 0 Å². The Morgan fingerprint density at radius 3 is 1.56 bits per heavy atom. The highest BCUT2D eigenvalue weighted by molar-refractivity contribution is 5.92. The minimum Gasteiger partial charge on any atom is -0.448 e. The van der Waals surface area contributed by atoms with Crippen molar-refractivity contribution in [3.8, 4) is 0 Å². The van der Waals surface area contributed by atoms with Crippen LogP contribution in [0.1, 0.15) is 23.1 Å². The van der Waals surface area contributed by atoms with Crippen LogP contribution in [-0.2, 0) is 20.5 Å². The van der Waals surface area contributed by atoms with E-state index in [4.69, 9.17) is 4.74 Å². The summed E-state index contributed by atoms with van der Waals surface area (Å²) in [6, 6.07) is 30.4. The first-order valence-electron chi connectivity index (χ1n) is 8.68. The molecule has 3 aromatic carbocycles. The first kappa shape index (κ1) is 14.5. The molecule has 0 unspecified atom stereocenters. The van der Waals surface area contributed by atoms with Gasteiger partial charge in [0.05, 0.1) is 0 Å². The SMILES string of the molecule is O=C1OC(c2ccccc2)(c2ccccc2)[C@@H]2C[C@]12c1ccccc1. The predicted octanol–water partition coefficient (Wildman–Crippen LogP) is 4.44. The normalized spacial score (nSPS) is 25.9. The van der Waals surface area contributed by atoms with Gasteiger partial charge in [-0.1, -0.05) is 91.0 Å². The van der Waals surface area contributed by atoms with Crippen LogP contribution in [0.5, 0.6) is 0 Å². The van der Waals surface area contributed by atoms with Crippen molar-refractivity contribution in [2.75, 3.05) is 0 Å². The molecular weight excluding hydrogens is 308 g/mol. The van der Waals surface area contributed by atoms with E-state index in [9.17, 15) is 4.79 Å². The molecule has 1 heterocycles. The number of hydrogen-bond donors (Lipinski definition) is 0. The topological polar surface area (TPSA) is 26.3 Å². The van der Waals surface area contributed by atoms with Gasteiger partial charge in [-0.05, 0) is 12.0 Å². The van der Waals surface area contributed by atoms with E-state index in [-0.39, 0.29) is 11.9 Å². The largest absolute Gasteiger partial charge is 0.448 e. The fourth-order valence-corrected chi connectivity index (χ4v) is 4.52. The van der Waals surface area contributed by atoms with Gasteiger partial charge in [0, 0.05) is 17.0 Å². The molecule has 1 saturated heterocycles. The van der Waals surface area contributed by atoms with E-state index in [1.807, 2.05) is 66.7 Å². The summed E-state index contributed by atoms with van der Waals surface area (Å²) >= 11 is 0. The Kier molecular flexibility index (Phi) is 2.93. The van der Waals surface area contributed by atoms with E-state index in [1.165, 1.54) is 0 Å². The average molecular weight is 326 g/mol. The lowest BCUT2D eigenvalue weighted by Gasteiger charge is -2.31. The maximum absolute atomic E-state index is 13.1. The van der Waals surface area contributed by atoms with Gasteiger partial charge in [0.1, 0.15) is 5.41 Å². The van der Waals surface area contributed by atoms with E-state index in [1.54, 1.807) is 0 Å². The van der Waals surface area contributed by atoms with Crippen LogP contribution in [0.2, 0.25) is 0 Å². The molecule has 1 aliphatic heterocycles. The summed E-state index contributed by atoms with van der Waals surface area (Å²) < 4.78 is 6.20. The summed E-state index contributed by atoms with van der Waals surface area (Å²) in [5.41, 5.74) is 1.96. The quantitative estimate of drug-likeness (QED) is 0.665. The van der Waals surface area contributed by atoms with Crippen molar-refractivity contribution in [2.24, 2.45) is 5.92 Å². The molecule has 0 N–H and O–H groups in total. The fraction of sp³-hybridized carbons (Fsp3) is 0.174. The zero-order valence-corrected chi connectivity index (χ0v) is 13.8. The highest BCUT2D eigenvalue weighted by Gasteiger charge is 2.77. The summed E-state index contributed by atoms with van der Waals surface area (Å²) in [6.45, 7) is 0. The van der Waals surface area contributed by atoms with Crippen LogP contribution in [0.4, 0.5) is 0 Å². The molecule has 0 radical (unpaired) electrons. The Bertz CT molecular complexity index is 879. The minimum absolute atomic E-state index is 0.101. The molecule has 1 saturated carbocycles. The van der Waals surface area contributed by atoms with Crippen LogP contribution in [0.3, 0.4) is 0 Å². The summed E-state index contributed by atoms with van der Waals surface area (Å²) in [6.07, 6.45) is 0.833. The number of carbonyl (C=O) groups is 1. The highest BCUT2D eigenvalue weighted by Crippen LogP contribution is 2.70. The van der Waals surface area contributed by atoms with Gasteiger partial charge in [-0.3, -0.25) is 4.79 Å². The van der Waals surface area contributed by atoms with Gasteiger partial charge in [0.25, 0.3) is 0 Å². The maximum atomic E-state index is 13.1. The number of esters is 1. The van der Waals surface area contributed by atoms with Crippen molar-refractivity contribution < 1.29 is 9.53 Å². The molecule has 2 nitrogen and oxygen atoms in total. The van der Waals surface area contributed by atoms with E-state index < -0.39 is 11.0 Å². The smallest absolute Gasteiger partial charge is 0.318 e. The van der Waals surface area contributed by atoms with Gasteiger partial charge >= 0.3 is 5.97 Å². The minimum atomic E-state index is -0.699. The Morgan fingerprint density at radius 1 is 0.680 bits per heavy atom. The first-order valence-corrected chi connectivity index (χ1v) is 8.68. The van der Waals surface area contributed by atoms with Crippen LogP contribution in [-0.4, -0.2) is 5.97 Å².